The average molecular weight is 455 g/mol. The molecule has 0 aromatic rings. The molecule has 0 heterocycles. The Kier molecular flexibility index (Phi) is 17.8. The lowest BCUT2D eigenvalue weighted by Crippen LogP contribution is -2.23. The minimum Gasteiger partial charge on any atom is -0.465 e. The molecule has 0 fully saturated rings. The number of rotatable bonds is 19. The van der Waals surface area contributed by atoms with Gasteiger partial charge in [0.1, 0.15) is 0 Å². The lowest BCUT2D eigenvalue weighted by atomic mass is 9.91. The van der Waals surface area contributed by atoms with Gasteiger partial charge in [0, 0.05) is 0 Å². The Balaban J connectivity index is 4.38. The summed E-state index contributed by atoms with van der Waals surface area (Å²) in [5.41, 5.74) is 0. The molecule has 6 unspecified atom stereocenters. The summed E-state index contributed by atoms with van der Waals surface area (Å²) in [5, 5.41) is 0. The van der Waals surface area contributed by atoms with Crippen molar-refractivity contribution in [2.24, 2.45) is 35.5 Å². The van der Waals surface area contributed by atoms with E-state index in [0.717, 1.165) is 51.4 Å². The van der Waals surface area contributed by atoms with Crippen LogP contribution in [-0.4, -0.2) is 25.2 Å². The summed E-state index contributed by atoms with van der Waals surface area (Å²) in [6.07, 6.45) is 10.3. The van der Waals surface area contributed by atoms with E-state index in [-0.39, 0.29) is 23.8 Å². The predicted molar refractivity (Wildman–Crippen MR) is 134 cm³/mol. The molecule has 0 aliphatic rings. The van der Waals surface area contributed by atoms with Gasteiger partial charge in [0.25, 0.3) is 0 Å². The summed E-state index contributed by atoms with van der Waals surface area (Å²) in [7, 11) is 0. The number of hydrogen-bond acceptors (Lipinski definition) is 4. The Morgan fingerprint density at radius 1 is 0.594 bits per heavy atom. The van der Waals surface area contributed by atoms with Crippen molar-refractivity contribution in [3.8, 4) is 0 Å². The van der Waals surface area contributed by atoms with Crippen molar-refractivity contribution in [2.45, 2.75) is 120 Å². The van der Waals surface area contributed by atoms with Crippen LogP contribution in [0.2, 0.25) is 0 Å². The van der Waals surface area contributed by atoms with Gasteiger partial charge in [-0.2, -0.15) is 0 Å². The summed E-state index contributed by atoms with van der Waals surface area (Å²) in [6.45, 7) is 18.2. The highest BCUT2D eigenvalue weighted by atomic mass is 16.5. The highest BCUT2D eigenvalue weighted by Gasteiger charge is 2.22. The quantitative estimate of drug-likeness (QED) is 0.187. The number of carbonyl (C=O) groups is 2. The highest BCUT2D eigenvalue weighted by Crippen LogP contribution is 2.23. The van der Waals surface area contributed by atoms with Gasteiger partial charge in [-0.3, -0.25) is 9.59 Å². The smallest absolute Gasteiger partial charge is 0.308 e. The zero-order chi connectivity index (χ0) is 24.5. The second kappa shape index (κ2) is 18.4. The van der Waals surface area contributed by atoms with E-state index in [1.54, 1.807) is 0 Å². The Bertz CT molecular complexity index is 446. The third kappa shape index (κ3) is 14.2. The zero-order valence-corrected chi connectivity index (χ0v) is 22.6. The second-order valence-electron chi connectivity index (χ2n) is 10.4. The molecule has 190 valence electrons. The molecule has 0 rings (SSSR count). The third-order valence-electron chi connectivity index (χ3n) is 7.02. The summed E-state index contributed by atoms with van der Waals surface area (Å²) >= 11 is 0. The van der Waals surface area contributed by atoms with E-state index >= 15 is 0 Å². The van der Waals surface area contributed by atoms with E-state index < -0.39 is 0 Å². The molecule has 0 aromatic heterocycles. The molecule has 4 heteroatoms. The van der Waals surface area contributed by atoms with Crippen molar-refractivity contribution in [3.63, 3.8) is 0 Å². The van der Waals surface area contributed by atoms with E-state index in [2.05, 4.69) is 41.5 Å². The fourth-order valence-corrected chi connectivity index (χ4v) is 4.25. The maximum absolute atomic E-state index is 12.5. The molecule has 32 heavy (non-hydrogen) atoms. The third-order valence-corrected chi connectivity index (χ3v) is 7.02. The first-order valence-corrected chi connectivity index (χ1v) is 13.5. The molecule has 4 nitrogen and oxygen atoms in total. The molecule has 0 saturated carbocycles. The first-order valence-electron chi connectivity index (χ1n) is 13.5. The normalized spacial score (nSPS) is 17.1. The van der Waals surface area contributed by atoms with Gasteiger partial charge in [-0.05, 0) is 62.2 Å². The van der Waals surface area contributed by atoms with Crippen LogP contribution < -0.4 is 0 Å². The molecule has 0 radical (unpaired) electrons. The van der Waals surface area contributed by atoms with Crippen LogP contribution in [0.15, 0.2) is 0 Å². The predicted octanol–water partition coefficient (Wildman–Crippen LogP) is 7.83. The molecule has 0 aromatic carbocycles. The van der Waals surface area contributed by atoms with Crippen molar-refractivity contribution < 1.29 is 19.1 Å². The summed E-state index contributed by atoms with van der Waals surface area (Å²) in [5.74, 6) is 1.59. The van der Waals surface area contributed by atoms with Gasteiger partial charge in [0.15, 0.2) is 0 Å². The molecule has 0 amide bonds. The van der Waals surface area contributed by atoms with E-state index in [1.807, 2.05) is 13.8 Å². The molecule has 0 spiro atoms. The SMILES string of the molecule is CCCC(COC(=O)C(C)CCC(C)C(=O)OCC(CCC)CC(C)CC)CC(C)CC. The van der Waals surface area contributed by atoms with Gasteiger partial charge in [-0.25, -0.2) is 0 Å². The monoisotopic (exact) mass is 454 g/mol. The second-order valence-corrected chi connectivity index (χ2v) is 10.4. The summed E-state index contributed by atoms with van der Waals surface area (Å²) in [6, 6.07) is 0. The maximum Gasteiger partial charge on any atom is 0.308 e. The first kappa shape index (κ1) is 30.9. The number of carbonyl (C=O) groups excluding carboxylic acids is 2. The van der Waals surface area contributed by atoms with E-state index in [4.69, 9.17) is 9.47 Å². The Labute approximate surface area is 199 Å². The van der Waals surface area contributed by atoms with Crippen LogP contribution in [-0.2, 0) is 19.1 Å². The zero-order valence-electron chi connectivity index (χ0n) is 22.6. The van der Waals surface area contributed by atoms with Gasteiger partial charge < -0.3 is 9.47 Å². The largest absolute Gasteiger partial charge is 0.465 e. The first-order chi connectivity index (χ1) is 15.2. The van der Waals surface area contributed by atoms with E-state index in [9.17, 15) is 9.59 Å². The molecule has 0 bridgehead atoms. The van der Waals surface area contributed by atoms with Crippen LogP contribution in [0, 0.1) is 35.5 Å². The number of hydrogen-bond donors (Lipinski definition) is 0. The van der Waals surface area contributed by atoms with E-state index in [1.165, 1.54) is 0 Å². The van der Waals surface area contributed by atoms with Gasteiger partial charge >= 0.3 is 11.9 Å². The Hall–Kier alpha value is -1.06. The fourth-order valence-electron chi connectivity index (χ4n) is 4.25. The van der Waals surface area contributed by atoms with Crippen molar-refractivity contribution >= 4 is 11.9 Å². The minimum absolute atomic E-state index is 0.132. The van der Waals surface area contributed by atoms with Gasteiger partial charge in [0.05, 0.1) is 25.0 Å². The van der Waals surface area contributed by atoms with Crippen molar-refractivity contribution in [1.29, 1.82) is 0 Å². The van der Waals surface area contributed by atoms with Crippen LogP contribution in [0.1, 0.15) is 120 Å². The van der Waals surface area contributed by atoms with Crippen molar-refractivity contribution in [2.75, 3.05) is 13.2 Å². The molecule has 0 aliphatic carbocycles. The molecule has 6 atom stereocenters. The van der Waals surface area contributed by atoms with Crippen LogP contribution in [0.5, 0.6) is 0 Å². The lowest BCUT2D eigenvalue weighted by Gasteiger charge is -2.22. The Morgan fingerprint density at radius 3 is 1.22 bits per heavy atom. The summed E-state index contributed by atoms with van der Waals surface area (Å²) < 4.78 is 11.3. The topological polar surface area (TPSA) is 52.6 Å². The molecule has 0 N–H and O–H groups in total. The summed E-state index contributed by atoms with van der Waals surface area (Å²) in [4.78, 5) is 24.9. The van der Waals surface area contributed by atoms with Gasteiger partial charge in [-0.1, -0.05) is 81.1 Å². The maximum atomic E-state index is 12.5. The van der Waals surface area contributed by atoms with Crippen LogP contribution in [0.3, 0.4) is 0 Å². The van der Waals surface area contributed by atoms with Crippen LogP contribution in [0.4, 0.5) is 0 Å². The Morgan fingerprint density at radius 2 is 0.938 bits per heavy atom. The van der Waals surface area contributed by atoms with Crippen molar-refractivity contribution in [1.82, 2.24) is 0 Å². The molecular weight excluding hydrogens is 400 g/mol. The van der Waals surface area contributed by atoms with Crippen LogP contribution >= 0.6 is 0 Å². The average Bonchev–Trinajstić information content (AvgIpc) is 2.78. The standard InChI is InChI=1S/C28H54O4/c1-9-13-25(17-21(5)11-3)19-31-27(29)23(7)15-16-24(8)28(30)32-20-26(14-10-2)18-22(6)12-4/h21-26H,9-20H2,1-8H3. The van der Waals surface area contributed by atoms with Crippen LogP contribution in [0.25, 0.3) is 0 Å². The highest BCUT2D eigenvalue weighted by molar-refractivity contribution is 5.73. The van der Waals surface area contributed by atoms with E-state index in [0.29, 0.717) is 49.7 Å². The minimum atomic E-state index is -0.186. The lowest BCUT2D eigenvalue weighted by molar-refractivity contribution is -0.152. The molecule has 0 aliphatic heterocycles. The number of esters is 2. The van der Waals surface area contributed by atoms with Gasteiger partial charge in [0.2, 0.25) is 0 Å². The number of ether oxygens (including phenoxy) is 2. The molecular formula is C28H54O4. The van der Waals surface area contributed by atoms with Crippen molar-refractivity contribution in [3.05, 3.63) is 0 Å². The van der Waals surface area contributed by atoms with Gasteiger partial charge in [-0.15, -0.1) is 0 Å². The fraction of sp³-hybridized carbons (Fsp3) is 0.929. The molecule has 0 saturated heterocycles.